The van der Waals surface area contributed by atoms with Crippen LogP contribution in [0.15, 0.2) is 12.3 Å². The third-order valence-electron chi connectivity index (χ3n) is 2.16. The number of H-pyrrole nitrogens is 1. The fraction of sp³-hybridized carbons (Fsp3) is 0.500. The molecule has 1 aromatic rings. The van der Waals surface area contributed by atoms with Crippen molar-refractivity contribution >= 4 is 5.97 Å². The molecular formula is C8H10N2O3. The minimum absolute atomic E-state index is 0.136. The van der Waals surface area contributed by atoms with Crippen LogP contribution in [0.25, 0.3) is 0 Å². The van der Waals surface area contributed by atoms with E-state index < -0.39 is 12.1 Å². The molecule has 1 aromatic heterocycles. The summed E-state index contributed by atoms with van der Waals surface area (Å²) in [7, 11) is 0. The van der Waals surface area contributed by atoms with Crippen LogP contribution in [0.5, 0.6) is 0 Å². The van der Waals surface area contributed by atoms with Gasteiger partial charge in [0.25, 0.3) is 0 Å². The first-order chi connectivity index (χ1) is 6.27. The summed E-state index contributed by atoms with van der Waals surface area (Å²) in [5, 5.41) is 15.2. The van der Waals surface area contributed by atoms with Crippen LogP contribution < -0.4 is 0 Å². The predicted octanol–water partition coefficient (Wildman–Crippen LogP) is 0.714. The van der Waals surface area contributed by atoms with Crippen LogP contribution in [0.1, 0.15) is 24.6 Å². The molecule has 1 aliphatic rings. The Hall–Kier alpha value is -1.36. The zero-order valence-corrected chi connectivity index (χ0v) is 6.93. The van der Waals surface area contributed by atoms with Crippen LogP contribution in [0.3, 0.4) is 0 Å². The van der Waals surface area contributed by atoms with E-state index in [9.17, 15) is 4.79 Å². The van der Waals surface area contributed by atoms with Crippen molar-refractivity contribution < 1.29 is 14.6 Å². The second-order valence-corrected chi connectivity index (χ2v) is 3.04. The fourth-order valence-corrected chi connectivity index (χ4v) is 1.49. The Labute approximate surface area is 74.7 Å². The first-order valence-electron chi connectivity index (χ1n) is 4.15. The summed E-state index contributed by atoms with van der Waals surface area (Å²) in [5.41, 5.74) is 0.851. The molecular weight excluding hydrogens is 172 g/mol. The van der Waals surface area contributed by atoms with Gasteiger partial charge in [0.1, 0.15) is 6.10 Å². The summed E-state index contributed by atoms with van der Waals surface area (Å²) in [4.78, 5) is 10.6. The first kappa shape index (κ1) is 8.25. The first-order valence-corrected chi connectivity index (χ1v) is 4.15. The van der Waals surface area contributed by atoms with Crippen molar-refractivity contribution in [3.8, 4) is 0 Å². The molecule has 0 amide bonds. The third-order valence-corrected chi connectivity index (χ3v) is 2.16. The Bertz CT molecular complexity index is 296. The van der Waals surface area contributed by atoms with Crippen LogP contribution in [-0.4, -0.2) is 27.4 Å². The maximum atomic E-state index is 10.6. The molecule has 0 bridgehead atoms. The number of hydrogen-bond acceptors (Lipinski definition) is 3. The zero-order valence-electron chi connectivity index (χ0n) is 6.93. The molecule has 0 aromatic carbocycles. The van der Waals surface area contributed by atoms with E-state index >= 15 is 0 Å². The van der Waals surface area contributed by atoms with Gasteiger partial charge in [-0.25, -0.2) is 4.79 Å². The summed E-state index contributed by atoms with van der Waals surface area (Å²) in [5.74, 6) is -0.887. The van der Waals surface area contributed by atoms with Gasteiger partial charge in [0.15, 0.2) is 6.10 Å². The number of rotatable bonds is 2. The lowest BCUT2D eigenvalue weighted by molar-refractivity contribution is -0.149. The number of nitrogens with zero attached hydrogens (tertiary/aromatic N) is 1. The molecule has 70 valence electrons. The van der Waals surface area contributed by atoms with E-state index in [4.69, 9.17) is 9.84 Å². The molecule has 0 saturated carbocycles. The SMILES string of the molecule is O=C(O)[C@@H]1CC[C@H](c2ccn[nH]2)O1. The minimum atomic E-state index is -0.887. The van der Waals surface area contributed by atoms with Crippen molar-refractivity contribution in [1.82, 2.24) is 10.2 Å². The Morgan fingerprint density at radius 2 is 2.54 bits per heavy atom. The van der Waals surface area contributed by atoms with Crippen molar-refractivity contribution in [1.29, 1.82) is 0 Å². The summed E-state index contributed by atoms with van der Waals surface area (Å²) in [6.45, 7) is 0. The molecule has 1 saturated heterocycles. The van der Waals surface area contributed by atoms with Gasteiger partial charge >= 0.3 is 5.97 Å². The lowest BCUT2D eigenvalue weighted by Crippen LogP contribution is -2.18. The molecule has 13 heavy (non-hydrogen) atoms. The van der Waals surface area contributed by atoms with Gasteiger partial charge < -0.3 is 9.84 Å². The minimum Gasteiger partial charge on any atom is -0.479 e. The number of aromatic nitrogens is 2. The van der Waals surface area contributed by atoms with E-state index in [0.717, 1.165) is 12.1 Å². The topological polar surface area (TPSA) is 75.2 Å². The van der Waals surface area contributed by atoms with Crippen LogP contribution in [-0.2, 0) is 9.53 Å². The maximum absolute atomic E-state index is 10.6. The lowest BCUT2D eigenvalue weighted by atomic mass is 10.1. The number of carboxylic acids is 1. The Morgan fingerprint density at radius 1 is 1.69 bits per heavy atom. The monoisotopic (exact) mass is 182 g/mol. The highest BCUT2D eigenvalue weighted by Gasteiger charge is 2.31. The van der Waals surface area contributed by atoms with E-state index in [0.29, 0.717) is 6.42 Å². The highest BCUT2D eigenvalue weighted by Crippen LogP contribution is 2.31. The molecule has 2 heterocycles. The summed E-state index contributed by atoms with van der Waals surface area (Å²) >= 11 is 0. The van der Waals surface area contributed by atoms with E-state index in [-0.39, 0.29) is 6.10 Å². The van der Waals surface area contributed by atoms with Crippen molar-refractivity contribution in [2.24, 2.45) is 0 Å². The molecule has 2 N–H and O–H groups in total. The van der Waals surface area contributed by atoms with E-state index in [1.165, 1.54) is 0 Å². The highest BCUT2D eigenvalue weighted by atomic mass is 16.5. The molecule has 2 rings (SSSR count). The molecule has 0 unspecified atom stereocenters. The van der Waals surface area contributed by atoms with Crippen molar-refractivity contribution in [2.75, 3.05) is 0 Å². The average Bonchev–Trinajstić information content (AvgIpc) is 2.75. The third kappa shape index (κ3) is 1.55. The molecule has 1 aliphatic heterocycles. The molecule has 2 atom stereocenters. The van der Waals surface area contributed by atoms with Gasteiger partial charge in [0, 0.05) is 6.20 Å². The fourth-order valence-electron chi connectivity index (χ4n) is 1.49. The van der Waals surface area contributed by atoms with E-state index in [1.54, 1.807) is 12.3 Å². The van der Waals surface area contributed by atoms with Crippen LogP contribution in [0, 0.1) is 0 Å². The maximum Gasteiger partial charge on any atom is 0.332 e. The van der Waals surface area contributed by atoms with Gasteiger partial charge in [-0.3, -0.25) is 5.10 Å². The van der Waals surface area contributed by atoms with Gasteiger partial charge in [0.2, 0.25) is 0 Å². The quantitative estimate of drug-likeness (QED) is 0.706. The normalized spacial score (nSPS) is 27.7. The number of aliphatic carboxylic acids is 1. The molecule has 5 nitrogen and oxygen atoms in total. The Balaban J connectivity index is 2.03. The van der Waals surface area contributed by atoms with Crippen LogP contribution >= 0.6 is 0 Å². The molecule has 0 spiro atoms. The number of aromatic amines is 1. The molecule has 0 aliphatic carbocycles. The number of carbonyl (C=O) groups is 1. The van der Waals surface area contributed by atoms with Gasteiger partial charge in [0.05, 0.1) is 5.69 Å². The molecule has 1 fully saturated rings. The van der Waals surface area contributed by atoms with Gasteiger partial charge in [-0.2, -0.15) is 5.10 Å². The van der Waals surface area contributed by atoms with Gasteiger partial charge in [-0.15, -0.1) is 0 Å². The molecule has 5 heteroatoms. The summed E-state index contributed by atoms with van der Waals surface area (Å²) in [6.07, 6.45) is 2.14. The van der Waals surface area contributed by atoms with Crippen LogP contribution in [0.4, 0.5) is 0 Å². The predicted molar refractivity (Wildman–Crippen MR) is 43.1 cm³/mol. The van der Waals surface area contributed by atoms with E-state index in [2.05, 4.69) is 10.2 Å². The highest BCUT2D eigenvalue weighted by molar-refractivity contribution is 5.72. The Kier molecular flexibility index (Phi) is 2.02. The van der Waals surface area contributed by atoms with Gasteiger partial charge in [-0.1, -0.05) is 0 Å². The second kappa shape index (κ2) is 3.18. The second-order valence-electron chi connectivity index (χ2n) is 3.04. The van der Waals surface area contributed by atoms with Crippen molar-refractivity contribution in [3.05, 3.63) is 18.0 Å². The zero-order chi connectivity index (χ0) is 9.26. The number of hydrogen-bond donors (Lipinski definition) is 2. The number of ether oxygens (including phenoxy) is 1. The Morgan fingerprint density at radius 3 is 3.08 bits per heavy atom. The number of nitrogens with one attached hydrogen (secondary N) is 1. The van der Waals surface area contributed by atoms with Gasteiger partial charge in [-0.05, 0) is 18.9 Å². The smallest absolute Gasteiger partial charge is 0.332 e. The summed E-state index contributed by atoms with van der Waals surface area (Å²) < 4.78 is 5.30. The van der Waals surface area contributed by atoms with E-state index in [1.807, 2.05) is 0 Å². The van der Waals surface area contributed by atoms with Crippen LogP contribution in [0.2, 0.25) is 0 Å². The van der Waals surface area contributed by atoms with Crippen molar-refractivity contribution in [3.63, 3.8) is 0 Å². The molecule has 0 radical (unpaired) electrons. The lowest BCUT2D eigenvalue weighted by Gasteiger charge is -2.07. The average molecular weight is 182 g/mol. The standard InChI is InChI=1S/C8H10N2O3/c11-8(12)7-2-1-6(13-7)5-3-4-9-10-5/h3-4,6-7H,1-2H2,(H,9,10)(H,11,12)/t6-,7+/m1/s1. The van der Waals surface area contributed by atoms with Crippen molar-refractivity contribution in [2.45, 2.75) is 25.0 Å². The largest absolute Gasteiger partial charge is 0.479 e. The summed E-state index contributed by atoms with van der Waals surface area (Å²) in [6, 6.07) is 1.80. The number of carboxylic acid groups (broad SMARTS) is 1.